The van der Waals surface area contributed by atoms with E-state index in [0.717, 1.165) is 33.5 Å². The lowest BCUT2D eigenvalue weighted by Crippen LogP contribution is -1.95. The molecule has 0 aliphatic carbocycles. The summed E-state index contributed by atoms with van der Waals surface area (Å²) in [5.74, 6) is 0. The fourth-order valence-corrected chi connectivity index (χ4v) is 4.54. The number of rotatable bonds is 4. The highest BCUT2D eigenvalue weighted by Gasteiger charge is 2.14. The standard InChI is InChI=1S/C34H26N2/c1-23-7-11-25(12-8-23)27-15-19-29(20-16-27)33-34(36-32-6-4-3-5-31(32)35-33)30-21-17-28(18-22-30)26-13-9-24(2)10-14-26/h3-22H,1-2H3. The van der Waals surface area contributed by atoms with Gasteiger partial charge in [-0.15, -0.1) is 0 Å². The third-order valence-corrected chi connectivity index (χ3v) is 6.66. The number of hydrogen-bond acceptors (Lipinski definition) is 2. The van der Waals surface area contributed by atoms with Gasteiger partial charge in [0.05, 0.1) is 22.4 Å². The number of fused-ring (bicyclic) bond motifs is 1. The van der Waals surface area contributed by atoms with Crippen LogP contribution in [0.1, 0.15) is 11.1 Å². The molecule has 0 saturated carbocycles. The molecule has 0 fully saturated rings. The van der Waals surface area contributed by atoms with Gasteiger partial charge in [-0.3, -0.25) is 0 Å². The zero-order chi connectivity index (χ0) is 24.5. The predicted molar refractivity (Wildman–Crippen MR) is 151 cm³/mol. The molecule has 36 heavy (non-hydrogen) atoms. The number of para-hydroxylation sites is 2. The van der Waals surface area contributed by atoms with E-state index in [1.54, 1.807) is 0 Å². The minimum absolute atomic E-state index is 0.896. The Morgan fingerprint density at radius 1 is 0.333 bits per heavy atom. The van der Waals surface area contributed by atoms with Crippen LogP contribution >= 0.6 is 0 Å². The SMILES string of the molecule is Cc1ccc(-c2ccc(-c3nc4ccccc4nc3-c3ccc(-c4ccc(C)cc4)cc3)cc2)cc1. The molecule has 0 unspecified atom stereocenters. The van der Waals surface area contributed by atoms with E-state index in [0.29, 0.717) is 0 Å². The van der Waals surface area contributed by atoms with Crippen LogP contribution in [-0.4, -0.2) is 9.97 Å². The molecule has 0 radical (unpaired) electrons. The van der Waals surface area contributed by atoms with Gasteiger partial charge in [-0.1, -0.05) is 120 Å². The van der Waals surface area contributed by atoms with Crippen LogP contribution in [0.15, 0.2) is 121 Å². The molecule has 6 aromatic rings. The van der Waals surface area contributed by atoms with Gasteiger partial charge in [0.1, 0.15) is 0 Å². The van der Waals surface area contributed by atoms with Crippen LogP contribution in [0.2, 0.25) is 0 Å². The first-order chi connectivity index (χ1) is 17.6. The summed E-state index contributed by atoms with van der Waals surface area (Å²) in [5.41, 5.74) is 13.0. The molecule has 0 aliphatic heterocycles. The Labute approximate surface area is 212 Å². The van der Waals surface area contributed by atoms with Crippen LogP contribution in [0.5, 0.6) is 0 Å². The number of nitrogens with zero attached hydrogens (tertiary/aromatic N) is 2. The third kappa shape index (κ3) is 4.30. The lowest BCUT2D eigenvalue weighted by molar-refractivity contribution is 1.29. The number of aromatic nitrogens is 2. The van der Waals surface area contributed by atoms with Gasteiger partial charge in [-0.2, -0.15) is 0 Å². The van der Waals surface area contributed by atoms with Gasteiger partial charge < -0.3 is 0 Å². The molecule has 6 rings (SSSR count). The molecule has 172 valence electrons. The molecule has 1 heterocycles. The predicted octanol–water partition coefficient (Wildman–Crippen LogP) is 8.91. The van der Waals surface area contributed by atoms with E-state index in [-0.39, 0.29) is 0 Å². The number of aryl methyl sites for hydroxylation is 2. The van der Waals surface area contributed by atoms with Gasteiger partial charge in [0.2, 0.25) is 0 Å². The lowest BCUT2D eigenvalue weighted by Gasteiger charge is -2.12. The van der Waals surface area contributed by atoms with Crippen LogP contribution < -0.4 is 0 Å². The monoisotopic (exact) mass is 462 g/mol. The van der Waals surface area contributed by atoms with E-state index in [1.807, 2.05) is 24.3 Å². The zero-order valence-electron chi connectivity index (χ0n) is 20.4. The minimum atomic E-state index is 0.896. The minimum Gasteiger partial charge on any atom is -0.244 e. The molecule has 5 aromatic carbocycles. The van der Waals surface area contributed by atoms with E-state index < -0.39 is 0 Å². The van der Waals surface area contributed by atoms with Crippen molar-refractivity contribution in [2.24, 2.45) is 0 Å². The van der Waals surface area contributed by atoms with Crippen molar-refractivity contribution < 1.29 is 0 Å². The Bertz CT molecular complexity index is 1520. The molecule has 0 saturated heterocycles. The van der Waals surface area contributed by atoms with Gasteiger partial charge >= 0.3 is 0 Å². The Morgan fingerprint density at radius 2 is 0.611 bits per heavy atom. The van der Waals surface area contributed by atoms with E-state index in [2.05, 4.69) is 111 Å². The molecular weight excluding hydrogens is 436 g/mol. The fourth-order valence-electron chi connectivity index (χ4n) is 4.54. The molecule has 2 heteroatoms. The normalized spacial score (nSPS) is 11.1. The van der Waals surface area contributed by atoms with Crippen molar-refractivity contribution in [3.05, 3.63) is 132 Å². The highest BCUT2D eigenvalue weighted by molar-refractivity contribution is 5.87. The molecule has 0 atom stereocenters. The zero-order valence-corrected chi connectivity index (χ0v) is 20.4. The van der Waals surface area contributed by atoms with Crippen LogP contribution in [0, 0.1) is 13.8 Å². The maximum atomic E-state index is 5.06. The summed E-state index contributed by atoms with van der Waals surface area (Å²) in [5, 5.41) is 0. The van der Waals surface area contributed by atoms with Gasteiger partial charge in [0.25, 0.3) is 0 Å². The van der Waals surface area contributed by atoms with Crippen molar-refractivity contribution in [3.63, 3.8) is 0 Å². The molecule has 1 aromatic heterocycles. The number of hydrogen-bond donors (Lipinski definition) is 0. The first-order valence-corrected chi connectivity index (χ1v) is 12.3. The maximum absolute atomic E-state index is 5.06. The van der Waals surface area contributed by atoms with Gasteiger partial charge in [-0.25, -0.2) is 9.97 Å². The van der Waals surface area contributed by atoms with Crippen molar-refractivity contribution in [2.45, 2.75) is 13.8 Å². The van der Waals surface area contributed by atoms with E-state index in [4.69, 9.17) is 9.97 Å². The van der Waals surface area contributed by atoms with Crippen LogP contribution in [0.3, 0.4) is 0 Å². The maximum Gasteiger partial charge on any atom is 0.0973 e. The molecule has 2 nitrogen and oxygen atoms in total. The topological polar surface area (TPSA) is 25.8 Å². The van der Waals surface area contributed by atoms with Crippen molar-refractivity contribution >= 4 is 11.0 Å². The van der Waals surface area contributed by atoms with Crippen LogP contribution in [-0.2, 0) is 0 Å². The second-order valence-electron chi connectivity index (χ2n) is 9.30. The van der Waals surface area contributed by atoms with E-state index in [1.165, 1.54) is 33.4 Å². The molecule has 0 aliphatic rings. The summed E-state index contributed by atoms with van der Waals surface area (Å²) in [6.45, 7) is 4.22. The van der Waals surface area contributed by atoms with Crippen LogP contribution in [0.25, 0.3) is 55.8 Å². The second-order valence-corrected chi connectivity index (χ2v) is 9.30. The molecule has 0 N–H and O–H groups in total. The van der Waals surface area contributed by atoms with Crippen molar-refractivity contribution in [2.75, 3.05) is 0 Å². The summed E-state index contributed by atoms with van der Waals surface area (Å²) in [6.07, 6.45) is 0. The number of benzene rings is 5. The largest absolute Gasteiger partial charge is 0.244 e. The summed E-state index contributed by atoms with van der Waals surface area (Å²) in [7, 11) is 0. The molecule has 0 spiro atoms. The lowest BCUT2D eigenvalue weighted by atomic mass is 9.98. The average molecular weight is 463 g/mol. The Hall–Kier alpha value is -4.56. The molecule has 0 amide bonds. The van der Waals surface area contributed by atoms with Crippen molar-refractivity contribution in [1.82, 2.24) is 9.97 Å². The summed E-state index contributed by atoms with van der Waals surface area (Å²) < 4.78 is 0. The Kier molecular flexibility index (Phi) is 5.63. The average Bonchev–Trinajstić information content (AvgIpc) is 2.93. The second kappa shape index (κ2) is 9.24. The quantitative estimate of drug-likeness (QED) is 0.261. The highest BCUT2D eigenvalue weighted by atomic mass is 14.8. The van der Waals surface area contributed by atoms with Gasteiger partial charge in [-0.05, 0) is 48.2 Å². The van der Waals surface area contributed by atoms with Crippen molar-refractivity contribution in [1.29, 1.82) is 0 Å². The first-order valence-electron chi connectivity index (χ1n) is 12.3. The molecule has 0 bridgehead atoms. The summed E-state index contributed by atoms with van der Waals surface area (Å²) in [4.78, 5) is 10.1. The highest BCUT2D eigenvalue weighted by Crippen LogP contribution is 2.33. The van der Waals surface area contributed by atoms with Crippen LogP contribution in [0.4, 0.5) is 0 Å². The summed E-state index contributed by atoms with van der Waals surface area (Å²) in [6, 6.07) is 42.6. The smallest absolute Gasteiger partial charge is 0.0973 e. The fraction of sp³-hybridized carbons (Fsp3) is 0.0588. The molecular formula is C34H26N2. The third-order valence-electron chi connectivity index (χ3n) is 6.66. The van der Waals surface area contributed by atoms with Gasteiger partial charge in [0, 0.05) is 11.1 Å². The Morgan fingerprint density at radius 3 is 0.944 bits per heavy atom. The van der Waals surface area contributed by atoms with E-state index >= 15 is 0 Å². The van der Waals surface area contributed by atoms with E-state index in [9.17, 15) is 0 Å². The van der Waals surface area contributed by atoms with Crippen molar-refractivity contribution in [3.8, 4) is 44.8 Å². The Balaban J connectivity index is 1.43. The summed E-state index contributed by atoms with van der Waals surface area (Å²) >= 11 is 0. The first kappa shape index (κ1) is 21.9. The van der Waals surface area contributed by atoms with Gasteiger partial charge in [0.15, 0.2) is 0 Å².